The molecule has 0 aliphatic heterocycles. The topological polar surface area (TPSA) is 104 Å². The highest BCUT2D eigenvalue weighted by Crippen LogP contribution is 2.23. The molecule has 0 saturated heterocycles. The molecule has 0 aliphatic carbocycles. The van der Waals surface area contributed by atoms with Crippen molar-refractivity contribution in [3.05, 3.63) is 66.1 Å². The van der Waals surface area contributed by atoms with E-state index < -0.39 is 5.91 Å². The fourth-order valence-corrected chi connectivity index (χ4v) is 2.52. The number of aromatic nitrogens is 2. The van der Waals surface area contributed by atoms with E-state index in [1.165, 1.54) is 18.6 Å². The van der Waals surface area contributed by atoms with E-state index in [-0.39, 0.29) is 11.6 Å². The summed E-state index contributed by atoms with van der Waals surface area (Å²) in [4.78, 5) is 20.5. The molecule has 0 spiro atoms. The molecule has 1 N–H and O–H groups in total. The molecule has 0 unspecified atom stereocenters. The highest BCUT2D eigenvalue weighted by atomic mass is 16.5. The summed E-state index contributed by atoms with van der Waals surface area (Å²) >= 11 is 0. The summed E-state index contributed by atoms with van der Waals surface area (Å²) in [5.74, 6) is 2.14. The van der Waals surface area contributed by atoms with Crippen LogP contribution in [0, 0.1) is 0 Å². The minimum Gasteiger partial charge on any atom is -0.497 e. The SMILES string of the molecule is CCOc1ccc(Oc2cncc(C(=O)N/N=C/c3cc(OC)cc(OC)c3)n2)cc1. The quantitative estimate of drug-likeness (QED) is 0.416. The molecule has 0 aliphatic rings. The molecular weight excluding hydrogens is 400 g/mol. The summed E-state index contributed by atoms with van der Waals surface area (Å²) in [7, 11) is 3.11. The summed E-state index contributed by atoms with van der Waals surface area (Å²) in [5, 5.41) is 3.95. The van der Waals surface area contributed by atoms with Crippen LogP contribution in [0.25, 0.3) is 0 Å². The predicted molar refractivity (Wildman–Crippen MR) is 114 cm³/mol. The summed E-state index contributed by atoms with van der Waals surface area (Å²) in [6.45, 7) is 2.49. The molecule has 0 saturated carbocycles. The van der Waals surface area contributed by atoms with Crippen LogP contribution >= 0.6 is 0 Å². The smallest absolute Gasteiger partial charge is 0.291 e. The van der Waals surface area contributed by atoms with Crippen molar-refractivity contribution in [1.82, 2.24) is 15.4 Å². The lowest BCUT2D eigenvalue weighted by Crippen LogP contribution is -2.19. The number of hydrogen-bond acceptors (Lipinski definition) is 8. The molecule has 3 aromatic rings. The Morgan fingerprint density at radius 3 is 2.32 bits per heavy atom. The maximum atomic E-state index is 12.4. The van der Waals surface area contributed by atoms with Gasteiger partial charge >= 0.3 is 0 Å². The molecule has 31 heavy (non-hydrogen) atoms. The minimum atomic E-state index is -0.532. The molecule has 1 heterocycles. The molecule has 3 rings (SSSR count). The van der Waals surface area contributed by atoms with E-state index in [4.69, 9.17) is 18.9 Å². The molecule has 1 aromatic heterocycles. The summed E-state index contributed by atoms with van der Waals surface area (Å²) in [6, 6.07) is 12.3. The van der Waals surface area contributed by atoms with Gasteiger partial charge in [0, 0.05) is 11.6 Å². The second-order valence-electron chi connectivity index (χ2n) is 6.09. The van der Waals surface area contributed by atoms with Crippen LogP contribution in [0.4, 0.5) is 0 Å². The highest BCUT2D eigenvalue weighted by Gasteiger charge is 2.09. The normalized spacial score (nSPS) is 10.5. The van der Waals surface area contributed by atoms with E-state index in [9.17, 15) is 4.79 Å². The van der Waals surface area contributed by atoms with Gasteiger partial charge in [-0.25, -0.2) is 10.4 Å². The largest absolute Gasteiger partial charge is 0.497 e. The van der Waals surface area contributed by atoms with Crippen molar-refractivity contribution >= 4 is 12.1 Å². The van der Waals surface area contributed by atoms with Gasteiger partial charge in [0.05, 0.1) is 39.4 Å². The highest BCUT2D eigenvalue weighted by molar-refractivity contribution is 5.93. The Balaban J connectivity index is 1.64. The Kier molecular flexibility index (Phi) is 7.36. The van der Waals surface area contributed by atoms with Gasteiger partial charge in [0.15, 0.2) is 5.69 Å². The third kappa shape index (κ3) is 6.17. The number of ether oxygens (including phenoxy) is 4. The summed E-state index contributed by atoms with van der Waals surface area (Å²) < 4.78 is 21.5. The number of benzene rings is 2. The molecular formula is C22H22N4O5. The lowest BCUT2D eigenvalue weighted by atomic mass is 10.2. The molecule has 1 amide bonds. The van der Waals surface area contributed by atoms with Crippen molar-refractivity contribution in [2.45, 2.75) is 6.92 Å². The predicted octanol–water partition coefficient (Wildman–Crippen LogP) is 3.45. The number of rotatable bonds is 9. The monoisotopic (exact) mass is 422 g/mol. The zero-order chi connectivity index (χ0) is 22.1. The van der Waals surface area contributed by atoms with E-state index in [2.05, 4.69) is 20.5 Å². The average Bonchev–Trinajstić information content (AvgIpc) is 2.80. The third-order valence-electron chi connectivity index (χ3n) is 3.96. The fraction of sp³-hybridized carbons (Fsp3) is 0.182. The average molecular weight is 422 g/mol. The van der Waals surface area contributed by atoms with Crippen LogP contribution in [0.1, 0.15) is 23.0 Å². The Hall–Kier alpha value is -4.14. The molecule has 0 atom stereocenters. The van der Waals surface area contributed by atoms with Crippen molar-refractivity contribution in [2.24, 2.45) is 5.10 Å². The van der Waals surface area contributed by atoms with Gasteiger partial charge in [-0.1, -0.05) is 0 Å². The number of nitrogens with zero attached hydrogens (tertiary/aromatic N) is 3. The van der Waals surface area contributed by atoms with Crippen LogP contribution in [0.3, 0.4) is 0 Å². The van der Waals surface area contributed by atoms with Crippen LogP contribution in [0.2, 0.25) is 0 Å². The molecule has 0 bridgehead atoms. The third-order valence-corrected chi connectivity index (χ3v) is 3.96. The second kappa shape index (κ2) is 10.6. The minimum absolute atomic E-state index is 0.0591. The lowest BCUT2D eigenvalue weighted by Gasteiger charge is -2.07. The van der Waals surface area contributed by atoms with E-state index in [1.54, 1.807) is 56.7 Å². The number of nitrogens with one attached hydrogen (secondary N) is 1. The second-order valence-corrected chi connectivity index (χ2v) is 6.09. The standard InChI is InChI=1S/C22H22N4O5/c1-4-30-16-5-7-17(8-6-16)31-21-14-23-13-20(25-21)22(27)26-24-12-15-9-18(28-2)11-19(10-15)29-3/h5-14H,4H2,1-3H3,(H,26,27)/b24-12+. The first-order valence-corrected chi connectivity index (χ1v) is 9.40. The number of hydrogen-bond donors (Lipinski definition) is 1. The van der Waals surface area contributed by atoms with Gasteiger partial charge in [0.2, 0.25) is 5.88 Å². The Morgan fingerprint density at radius 2 is 1.68 bits per heavy atom. The van der Waals surface area contributed by atoms with Crippen LogP contribution in [0.5, 0.6) is 28.9 Å². The number of hydrazone groups is 1. The van der Waals surface area contributed by atoms with Crippen molar-refractivity contribution < 1.29 is 23.7 Å². The van der Waals surface area contributed by atoms with Gasteiger partial charge in [0.1, 0.15) is 23.0 Å². The zero-order valence-electron chi connectivity index (χ0n) is 17.4. The van der Waals surface area contributed by atoms with Crippen molar-refractivity contribution in [3.8, 4) is 28.9 Å². The van der Waals surface area contributed by atoms with Gasteiger partial charge in [-0.2, -0.15) is 5.10 Å². The van der Waals surface area contributed by atoms with Gasteiger partial charge in [-0.15, -0.1) is 0 Å². The molecule has 0 fully saturated rings. The van der Waals surface area contributed by atoms with Gasteiger partial charge in [-0.05, 0) is 43.3 Å². The first-order valence-electron chi connectivity index (χ1n) is 9.40. The molecule has 2 aromatic carbocycles. The maximum Gasteiger partial charge on any atom is 0.291 e. The first-order chi connectivity index (χ1) is 15.1. The van der Waals surface area contributed by atoms with Crippen LogP contribution in [-0.2, 0) is 0 Å². The number of amides is 1. The van der Waals surface area contributed by atoms with E-state index in [0.717, 1.165) is 5.75 Å². The zero-order valence-corrected chi connectivity index (χ0v) is 17.4. The number of carbonyl (C=O) groups is 1. The van der Waals surface area contributed by atoms with Crippen LogP contribution < -0.4 is 24.4 Å². The number of carbonyl (C=O) groups excluding carboxylic acids is 1. The summed E-state index contributed by atoms with van der Waals surface area (Å²) in [5.41, 5.74) is 3.16. The molecule has 9 nitrogen and oxygen atoms in total. The van der Waals surface area contributed by atoms with Crippen molar-refractivity contribution in [1.29, 1.82) is 0 Å². The van der Waals surface area contributed by atoms with E-state index in [0.29, 0.717) is 29.4 Å². The summed E-state index contributed by atoms with van der Waals surface area (Å²) in [6.07, 6.45) is 4.21. The lowest BCUT2D eigenvalue weighted by molar-refractivity contribution is 0.0949. The van der Waals surface area contributed by atoms with E-state index in [1.807, 2.05) is 6.92 Å². The molecule has 0 radical (unpaired) electrons. The van der Waals surface area contributed by atoms with Crippen LogP contribution in [-0.4, -0.2) is 42.9 Å². The Morgan fingerprint density at radius 1 is 1.00 bits per heavy atom. The van der Waals surface area contributed by atoms with E-state index >= 15 is 0 Å². The maximum absolute atomic E-state index is 12.4. The van der Waals surface area contributed by atoms with Crippen molar-refractivity contribution in [3.63, 3.8) is 0 Å². The number of methoxy groups -OCH3 is 2. The Labute approximate surface area is 179 Å². The Bertz CT molecular complexity index is 1030. The van der Waals surface area contributed by atoms with Gasteiger partial charge in [0.25, 0.3) is 5.91 Å². The first kappa shape index (κ1) is 21.6. The molecule has 160 valence electrons. The molecule has 9 heteroatoms. The fourth-order valence-electron chi connectivity index (χ4n) is 2.52. The van der Waals surface area contributed by atoms with Crippen molar-refractivity contribution in [2.75, 3.05) is 20.8 Å². The van der Waals surface area contributed by atoms with Gasteiger partial charge < -0.3 is 18.9 Å². The van der Waals surface area contributed by atoms with Crippen LogP contribution in [0.15, 0.2) is 60.0 Å². The van der Waals surface area contributed by atoms with Gasteiger partial charge in [-0.3, -0.25) is 9.78 Å².